The van der Waals surface area contributed by atoms with Gasteiger partial charge in [-0.3, -0.25) is 4.39 Å². The van der Waals surface area contributed by atoms with Crippen LogP contribution >= 0.6 is 0 Å². The number of hydrogen-bond acceptors (Lipinski definition) is 3. The summed E-state index contributed by atoms with van der Waals surface area (Å²) in [5, 5.41) is 3.77. The number of alkyl halides is 1. The molecule has 1 aliphatic rings. The van der Waals surface area contributed by atoms with Crippen molar-refractivity contribution in [3.05, 3.63) is 11.5 Å². The van der Waals surface area contributed by atoms with Gasteiger partial charge in [0.2, 0.25) is 0 Å². The molecule has 1 aliphatic heterocycles. The van der Waals surface area contributed by atoms with Crippen molar-refractivity contribution in [3.63, 3.8) is 0 Å². The monoisotopic (exact) mass is 292 g/mol. The molecule has 0 aromatic carbocycles. The van der Waals surface area contributed by atoms with Gasteiger partial charge >= 0.3 is 6.03 Å². The van der Waals surface area contributed by atoms with Crippen molar-refractivity contribution in [1.82, 2.24) is 10.2 Å². The SMILES string of the molecule is C[C@@H](/C=C/S(C)(=O)=O)NC(=O)N1CCC(CF)CC1. The molecule has 7 heteroatoms. The Morgan fingerprint density at radius 1 is 1.47 bits per heavy atom. The lowest BCUT2D eigenvalue weighted by Gasteiger charge is -2.31. The first-order chi connectivity index (χ1) is 8.81. The second-order valence-corrected chi connectivity index (χ2v) is 6.91. The molecular weight excluding hydrogens is 271 g/mol. The maximum Gasteiger partial charge on any atom is 0.317 e. The lowest BCUT2D eigenvalue weighted by atomic mass is 9.99. The number of piperidine rings is 1. The van der Waals surface area contributed by atoms with Gasteiger partial charge in [-0.2, -0.15) is 0 Å². The molecule has 1 saturated heterocycles. The van der Waals surface area contributed by atoms with E-state index in [4.69, 9.17) is 0 Å². The van der Waals surface area contributed by atoms with Crippen LogP contribution in [0.25, 0.3) is 0 Å². The van der Waals surface area contributed by atoms with E-state index < -0.39 is 9.84 Å². The fraction of sp³-hybridized carbons (Fsp3) is 0.750. The predicted octanol–water partition coefficient (Wildman–Crippen LogP) is 1.32. The summed E-state index contributed by atoms with van der Waals surface area (Å²) in [6, 6.07) is -0.593. The van der Waals surface area contributed by atoms with E-state index in [0.29, 0.717) is 25.9 Å². The Morgan fingerprint density at radius 2 is 2.05 bits per heavy atom. The summed E-state index contributed by atoms with van der Waals surface area (Å²) in [5.41, 5.74) is 0. The van der Waals surface area contributed by atoms with Crippen LogP contribution in [0.5, 0.6) is 0 Å². The topological polar surface area (TPSA) is 66.5 Å². The van der Waals surface area contributed by atoms with Crippen LogP contribution in [-0.2, 0) is 9.84 Å². The predicted molar refractivity (Wildman–Crippen MR) is 72.2 cm³/mol. The highest BCUT2D eigenvalue weighted by Crippen LogP contribution is 2.17. The number of rotatable bonds is 4. The van der Waals surface area contributed by atoms with Gasteiger partial charge in [0.25, 0.3) is 0 Å². The van der Waals surface area contributed by atoms with Gasteiger partial charge in [-0.25, -0.2) is 13.2 Å². The second kappa shape index (κ2) is 6.88. The number of sulfone groups is 1. The van der Waals surface area contributed by atoms with Gasteiger partial charge in [0.15, 0.2) is 9.84 Å². The minimum Gasteiger partial charge on any atom is -0.332 e. The van der Waals surface area contributed by atoms with Crippen LogP contribution in [0.2, 0.25) is 0 Å². The van der Waals surface area contributed by atoms with E-state index in [0.717, 1.165) is 11.7 Å². The molecule has 0 aromatic rings. The maximum absolute atomic E-state index is 12.4. The van der Waals surface area contributed by atoms with E-state index >= 15 is 0 Å². The maximum atomic E-state index is 12.4. The van der Waals surface area contributed by atoms with Crippen molar-refractivity contribution in [2.45, 2.75) is 25.8 Å². The number of carbonyl (C=O) groups excluding carboxylic acids is 1. The smallest absolute Gasteiger partial charge is 0.317 e. The normalized spacial score (nSPS) is 19.6. The highest BCUT2D eigenvalue weighted by Gasteiger charge is 2.22. The van der Waals surface area contributed by atoms with Crippen LogP contribution in [0.15, 0.2) is 11.5 Å². The summed E-state index contributed by atoms with van der Waals surface area (Å²) in [5.74, 6) is 0.0617. The average molecular weight is 292 g/mol. The van der Waals surface area contributed by atoms with E-state index in [-0.39, 0.29) is 24.7 Å². The first-order valence-corrected chi connectivity index (χ1v) is 8.27. The standard InChI is InChI=1S/C12H21FN2O3S/c1-10(5-8-19(2,17)18)14-12(16)15-6-3-11(9-13)4-7-15/h5,8,10-11H,3-4,6-7,9H2,1-2H3,(H,14,16)/b8-5+/t10-/m0/s1. The van der Waals surface area contributed by atoms with Crippen molar-refractivity contribution in [2.75, 3.05) is 26.0 Å². The van der Waals surface area contributed by atoms with Gasteiger partial charge < -0.3 is 10.2 Å². The third kappa shape index (κ3) is 6.04. The Balaban J connectivity index is 2.41. The minimum atomic E-state index is -3.18. The summed E-state index contributed by atoms with van der Waals surface area (Å²) in [4.78, 5) is 13.5. The zero-order valence-electron chi connectivity index (χ0n) is 11.3. The van der Waals surface area contributed by atoms with E-state index in [9.17, 15) is 17.6 Å². The zero-order chi connectivity index (χ0) is 14.5. The molecule has 5 nitrogen and oxygen atoms in total. The summed E-state index contributed by atoms with van der Waals surface area (Å²) in [7, 11) is -3.18. The Morgan fingerprint density at radius 3 is 2.53 bits per heavy atom. The lowest BCUT2D eigenvalue weighted by Crippen LogP contribution is -2.47. The van der Waals surface area contributed by atoms with Crippen LogP contribution in [0.3, 0.4) is 0 Å². The molecule has 0 aliphatic carbocycles. The molecule has 1 rings (SSSR count). The number of halogens is 1. The van der Waals surface area contributed by atoms with Gasteiger partial charge in [0, 0.05) is 30.8 Å². The van der Waals surface area contributed by atoms with Crippen LogP contribution in [0, 0.1) is 5.92 Å². The molecule has 0 saturated carbocycles. The third-order valence-corrected chi connectivity index (χ3v) is 3.74. The number of carbonyl (C=O) groups is 1. The van der Waals surface area contributed by atoms with Crippen molar-refractivity contribution in [1.29, 1.82) is 0 Å². The van der Waals surface area contributed by atoms with E-state index in [1.165, 1.54) is 6.08 Å². The summed E-state index contributed by atoms with van der Waals surface area (Å²) in [6.07, 6.45) is 3.89. The fourth-order valence-corrected chi connectivity index (χ4v) is 2.41. The number of likely N-dealkylation sites (tertiary alicyclic amines) is 1. The van der Waals surface area contributed by atoms with Crippen LogP contribution in [0.4, 0.5) is 9.18 Å². The van der Waals surface area contributed by atoms with Crippen LogP contribution < -0.4 is 5.32 Å². The van der Waals surface area contributed by atoms with E-state index in [2.05, 4.69) is 5.32 Å². The quantitative estimate of drug-likeness (QED) is 0.850. The molecule has 1 N–H and O–H groups in total. The number of nitrogens with zero attached hydrogens (tertiary/aromatic N) is 1. The van der Waals surface area contributed by atoms with Gasteiger partial charge in [0.1, 0.15) is 0 Å². The molecule has 1 heterocycles. The largest absolute Gasteiger partial charge is 0.332 e. The Kier molecular flexibility index (Phi) is 5.78. The number of urea groups is 1. The van der Waals surface area contributed by atoms with Crippen molar-refractivity contribution in [2.24, 2.45) is 5.92 Å². The lowest BCUT2D eigenvalue weighted by molar-refractivity contribution is 0.160. The highest BCUT2D eigenvalue weighted by molar-refractivity contribution is 7.93. The number of hydrogen-bond donors (Lipinski definition) is 1. The molecule has 19 heavy (non-hydrogen) atoms. The summed E-state index contributed by atoms with van der Waals surface area (Å²) >= 11 is 0. The van der Waals surface area contributed by atoms with Gasteiger partial charge in [-0.15, -0.1) is 0 Å². The van der Waals surface area contributed by atoms with E-state index in [1.807, 2.05) is 0 Å². The Bertz CT molecular complexity index is 428. The minimum absolute atomic E-state index is 0.0617. The van der Waals surface area contributed by atoms with Gasteiger partial charge in [-0.05, 0) is 25.7 Å². The second-order valence-electron chi connectivity index (χ2n) is 4.98. The Labute approximate surface area is 113 Å². The molecule has 0 unspecified atom stereocenters. The molecule has 2 amide bonds. The molecule has 1 atom stereocenters. The van der Waals surface area contributed by atoms with Gasteiger partial charge in [0.05, 0.1) is 6.67 Å². The first kappa shape index (κ1) is 15.9. The molecule has 0 spiro atoms. The summed E-state index contributed by atoms with van der Waals surface area (Å²) in [6.45, 7) is 2.46. The molecular formula is C12H21FN2O3S. The summed E-state index contributed by atoms with van der Waals surface area (Å²) < 4.78 is 34.3. The molecule has 0 radical (unpaired) electrons. The van der Waals surface area contributed by atoms with Crippen molar-refractivity contribution < 1.29 is 17.6 Å². The van der Waals surface area contributed by atoms with Crippen LogP contribution in [0.1, 0.15) is 19.8 Å². The Hall–Kier alpha value is -1.11. The van der Waals surface area contributed by atoms with Gasteiger partial charge in [-0.1, -0.05) is 6.08 Å². The third-order valence-electron chi connectivity index (χ3n) is 3.09. The van der Waals surface area contributed by atoms with E-state index in [1.54, 1.807) is 11.8 Å². The number of nitrogens with one attached hydrogen (secondary N) is 1. The highest BCUT2D eigenvalue weighted by atomic mass is 32.2. The number of amides is 2. The zero-order valence-corrected chi connectivity index (χ0v) is 12.1. The van der Waals surface area contributed by atoms with Crippen molar-refractivity contribution in [3.8, 4) is 0 Å². The average Bonchev–Trinajstić information content (AvgIpc) is 2.35. The van der Waals surface area contributed by atoms with Crippen LogP contribution in [-0.4, -0.2) is 51.4 Å². The molecule has 0 bridgehead atoms. The first-order valence-electron chi connectivity index (χ1n) is 6.31. The molecule has 110 valence electrons. The fourth-order valence-electron chi connectivity index (χ4n) is 1.89. The molecule has 1 fully saturated rings. The van der Waals surface area contributed by atoms with Crippen molar-refractivity contribution >= 4 is 15.9 Å². The molecule has 0 aromatic heterocycles.